The van der Waals surface area contributed by atoms with Gasteiger partial charge in [-0.1, -0.05) is 18.2 Å². The van der Waals surface area contributed by atoms with Crippen LogP contribution in [0.2, 0.25) is 0 Å². The average Bonchev–Trinajstić information content (AvgIpc) is 2.81. The van der Waals surface area contributed by atoms with Gasteiger partial charge in [0.2, 0.25) is 0 Å². The van der Waals surface area contributed by atoms with Crippen LogP contribution in [0.5, 0.6) is 0 Å². The van der Waals surface area contributed by atoms with Crippen LogP contribution in [0.3, 0.4) is 0 Å². The lowest BCUT2D eigenvalue weighted by Crippen LogP contribution is -1.95. The first-order valence-electron chi connectivity index (χ1n) is 4.99. The number of aromatic amines is 1. The highest BCUT2D eigenvalue weighted by atomic mass is 15.1. The number of rotatable bonds is 1. The number of anilines is 1. The second-order valence-corrected chi connectivity index (χ2v) is 3.58. The van der Waals surface area contributed by atoms with Crippen molar-refractivity contribution in [3.05, 3.63) is 42.6 Å². The van der Waals surface area contributed by atoms with E-state index < -0.39 is 0 Å². The van der Waals surface area contributed by atoms with Crippen LogP contribution in [0.15, 0.2) is 42.6 Å². The molecule has 0 saturated heterocycles. The fourth-order valence-electron chi connectivity index (χ4n) is 1.75. The Balaban J connectivity index is 2.30. The van der Waals surface area contributed by atoms with Crippen molar-refractivity contribution < 1.29 is 0 Å². The standard InChI is InChI=1S/C12H10N4/c13-12-9(11-5-6-14-16-11)7-8-3-1-2-4-10(8)15-12/h1-7H,(H2,13,15)(H,14,16). The molecule has 2 aromatic heterocycles. The number of para-hydroxylation sites is 1. The molecule has 1 aromatic carbocycles. The highest BCUT2D eigenvalue weighted by Gasteiger charge is 2.06. The van der Waals surface area contributed by atoms with Gasteiger partial charge < -0.3 is 5.73 Å². The van der Waals surface area contributed by atoms with Crippen LogP contribution < -0.4 is 5.73 Å². The molecule has 3 N–H and O–H groups in total. The fourth-order valence-corrected chi connectivity index (χ4v) is 1.75. The molecule has 0 radical (unpaired) electrons. The normalized spacial score (nSPS) is 10.8. The zero-order chi connectivity index (χ0) is 11.0. The SMILES string of the molecule is Nc1nc2ccccc2cc1-c1ccn[nH]1. The van der Waals surface area contributed by atoms with E-state index in [0.29, 0.717) is 5.82 Å². The number of nitrogens with two attached hydrogens (primary N) is 1. The summed E-state index contributed by atoms with van der Waals surface area (Å²) in [5, 5.41) is 7.87. The number of fused-ring (bicyclic) bond motifs is 1. The zero-order valence-electron chi connectivity index (χ0n) is 8.51. The van der Waals surface area contributed by atoms with Crippen molar-refractivity contribution >= 4 is 16.7 Å². The molecule has 0 unspecified atom stereocenters. The van der Waals surface area contributed by atoms with Crippen molar-refractivity contribution in [2.45, 2.75) is 0 Å². The summed E-state index contributed by atoms with van der Waals surface area (Å²) < 4.78 is 0. The van der Waals surface area contributed by atoms with E-state index in [0.717, 1.165) is 22.2 Å². The smallest absolute Gasteiger partial charge is 0.133 e. The van der Waals surface area contributed by atoms with E-state index in [4.69, 9.17) is 5.73 Å². The van der Waals surface area contributed by atoms with E-state index in [2.05, 4.69) is 15.2 Å². The predicted octanol–water partition coefficient (Wildman–Crippen LogP) is 2.21. The van der Waals surface area contributed by atoms with E-state index in [1.807, 2.05) is 36.4 Å². The molecule has 3 aromatic rings. The van der Waals surface area contributed by atoms with E-state index in [1.165, 1.54) is 0 Å². The highest BCUT2D eigenvalue weighted by Crippen LogP contribution is 2.26. The molecule has 0 bridgehead atoms. The molecule has 0 aliphatic heterocycles. The van der Waals surface area contributed by atoms with Crippen LogP contribution in [0.4, 0.5) is 5.82 Å². The minimum absolute atomic E-state index is 0.517. The monoisotopic (exact) mass is 210 g/mol. The Morgan fingerprint density at radius 1 is 1.12 bits per heavy atom. The van der Waals surface area contributed by atoms with Crippen LogP contribution in [0, 0.1) is 0 Å². The molecule has 0 spiro atoms. The van der Waals surface area contributed by atoms with Gasteiger partial charge in [-0.2, -0.15) is 5.10 Å². The maximum atomic E-state index is 5.92. The quantitative estimate of drug-likeness (QED) is 0.647. The van der Waals surface area contributed by atoms with Crippen molar-refractivity contribution in [2.75, 3.05) is 5.73 Å². The van der Waals surface area contributed by atoms with Crippen LogP contribution in [-0.4, -0.2) is 15.2 Å². The van der Waals surface area contributed by atoms with Gasteiger partial charge in [-0.3, -0.25) is 5.10 Å². The number of nitrogen functional groups attached to an aromatic ring is 1. The van der Waals surface area contributed by atoms with Crippen LogP contribution in [-0.2, 0) is 0 Å². The van der Waals surface area contributed by atoms with Gasteiger partial charge in [-0.05, 0) is 18.2 Å². The third-order valence-electron chi connectivity index (χ3n) is 2.54. The largest absolute Gasteiger partial charge is 0.383 e. The van der Waals surface area contributed by atoms with Gasteiger partial charge in [0, 0.05) is 17.1 Å². The summed E-state index contributed by atoms with van der Waals surface area (Å²) in [5.74, 6) is 0.517. The summed E-state index contributed by atoms with van der Waals surface area (Å²) in [6.45, 7) is 0. The lowest BCUT2D eigenvalue weighted by Gasteiger charge is -2.04. The predicted molar refractivity (Wildman–Crippen MR) is 63.7 cm³/mol. The Morgan fingerprint density at radius 2 is 2.00 bits per heavy atom. The Morgan fingerprint density at radius 3 is 2.81 bits per heavy atom. The Hall–Kier alpha value is -2.36. The van der Waals surface area contributed by atoms with Gasteiger partial charge in [0.05, 0.1) is 11.2 Å². The molecule has 4 heteroatoms. The molecule has 2 heterocycles. The van der Waals surface area contributed by atoms with E-state index in [9.17, 15) is 0 Å². The number of nitrogens with one attached hydrogen (secondary N) is 1. The maximum absolute atomic E-state index is 5.92. The first-order chi connectivity index (χ1) is 7.84. The van der Waals surface area contributed by atoms with Gasteiger partial charge in [0.15, 0.2) is 0 Å². The molecule has 16 heavy (non-hydrogen) atoms. The second-order valence-electron chi connectivity index (χ2n) is 3.58. The summed E-state index contributed by atoms with van der Waals surface area (Å²) in [5.41, 5.74) is 8.60. The summed E-state index contributed by atoms with van der Waals surface area (Å²) in [6, 6.07) is 11.8. The summed E-state index contributed by atoms with van der Waals surface area (Å²) in [4.78, 5) is 4.36. The maximum Gasteiger partial charge on any atom is 0.133 e. The summed E-state index contributed by atoms with van der Waals surface area (Å²) in [6.07, 6.45) is 1.70. The van der Waals surface area contributed by atoms with Crippen molar-refractivity contribution in [2.24, 2.45) is 0 Å². The lowest BCUT2D eigenvalue weighted by molar-refractivity contribution is 1.09. The van der Waals surface area contributed by atoms with Gasteiger partial charge in [0.1, 0.15) is 5.82 Å². The van der Waals surface area contributed by atoms with E-state index in [1.54, 1.807) is 6.20 Å². The number of nitrogens with zero attached hydrogens (tertiary/aromatic N) is 2. The van der Waals surface area contributed by atoms with Crippen molar-refractivity contribution in [1.82, 2.24) is 15.2 Å². The molecular weight excluding hydrogens is 200 g/mol. The summed E-state index contributed by atoms with van der Waals surface area (Å²) >= 11 is 0. The van der Waals surface area contributed by atoms with Gasteiger partial charge in [-0.15, -0.1) is 0 Å². The van der Waals surface area contributed by atoms with Crippen LogP contribution in [0.1, 0.15) is 0 Å². The molecule has 0 fully saturated rings. The Kier molecular flexibility index (Phi) is 1.86. The molecule has 0 saturated carbocycles. The molecule has 0 aliphatic carbocycles. The first kappa shape index (κ1) is 8.91. The molecule has 0 amide bonds. The third kappa shape index (κ3) is 1.32. The highest BCUT2D eigenvalue weighted by molar-refractivity contribution is 5.87. The van der Waals surface area contributed by atoms with Crippen LogP contribution >= 0.6 is 0 Å². The lowest BCUT2D eigenvalue weighted by atomic mass is 10.1. The second kappa shape index (κ2) is 3.34. The molecule has 78 valence electrons. The topological polar surface area (TPSA) is 67.6 Å². The van der Waals surface area contributed by atoms with E-state index >= 15 is 0 Å². The zero-order valence-corrected chi connectivity index (χ0v) is 8.51. The number of pyridine rings is 1. The number of benzene rings is 1. The molecule has 3 rings (SSSR count). The Bertz CT molecular complexity index is 629. The van der Waals surface area contributed by atoms with Gasteiger partial charge in [-0.25, -0.2) is 4.98 Å². The van der Waals surface area contributed by atoms with Crippen molar-refractivity contribution in [3.63, 3.8) is 0 Å². The summed E-state index contributed by atoms with van der Waals surface area (Å²) in [7, 11) is 0. The van der Waals surface area contributed by atoms with Gasteiger partial charge in [0.25, 0.3) is 0 Å². The molecule has 0 aliphatic rings. The number of hydrogen-bond acceptors (Lipinski definition) is 3. The van der Waals surface area contributed by atoms with Crippen molar-refractivity contribution in [1.29, 1.82) is 0 Å². The minimum Gasteiger partial charge on any atom is -0.383 e. The molecule has 4 nitrogen and oxygen atoms in total. The minimum atomic E-state index is 0.517. The molecule has 0 atom stereocenters. The Labute approximate surface area is 92.1 Å². The average molecular weight is 210 g/mol. The number of H-pyrrole nitrogens is 1. The first-order valence-corrected chi connectivity index (χ1v) is 4.99. The number of aromatic nitrogens is 3. The number of hydrogen-bond donors (Lipinski definition) is 2. The van der Waals surface area contributed by atoms with Crippen molar-refractivity contribution in [3.8, 4) is 11.3 Å². The third-order valence-corrected chi connectivity index (χ3v) is 2.54. The van der Waals surface area contributed by atoms with Gasteiger partial charge >= 0.3 is 0 Å². The molecular formula is C12H10N4. The van der Waals surface area contributed by atoms with Crippen LogP contribution in [0.25, 0.3) is 22.2 Å². The fraction of sp³-hybridized carbons (Fsp3) is 0. The van der Waals surface area contributed by atoms with E-state index in [-0.39, 0.29) is 0 Å².